The minimum absolute atomic E-state index is 0.254. The van der Waals surface area contributed by atoms with Crippen molar-refractivity contribution >= 4 is 24.4 Å². The molecule has 1 amide bonds. The van der Waals surface area contributed by atoms with Crippen LogP contribution >= 0.6 is 0 Å². The van der Waals surface area contributed by atoms with Crippen LogP contribution in [0.5, 0.6) is 0 Å². The lowest BCUT2D eigenvalue weighted by Crippen LogP contribution is -2.41. The highest BCUT2D eigenvalue weighted by Gasteiger charge is 2.51. The first kappa shape index (κ1) is 18.5. The summed E-state index contributed by atoms with van der Waals surface area (Å²) >= 11 is 0. The van der Waals surface area contributed by atoms with Crippen LogP contribution in [0.1, 0.15) is 49.4 Å². The second-order valence-corrected chi connectivity index (χ2v) is 7.64. The van der Waals surface area contributed by atoms with Crippen LogP contribution < -0.4 is 10.8 Å². The lowest BCUT2D eigenvalue weighted by atomic mass is 9.79. The number of hydrogen-bond acceptors (Lipinski definition) is 5. The summed E-state index contributed by atoms with van der Waals surface area (Å²) in [6.45, 7) is 11.8. The van der Waals surface area contributed by atoms with Crippen LogP contribution in [0, 0.1) is 13.8 Å². The second-order valence-electron chi connectivity index (χ2n) is 7.64. The van der Waals surface area contributed by atoms with E-state index in [9.17, 15) is 4.79 Å². The number of amides is 1. The number of carbonyl (C=O) groups is 1. The van der Waals surface area contributed by atoms with Gasteiger partial charge in [0, 0.05) is 17.0 Å². The zero-order valence-corrected chi connectivity index (χ0v) is 16.1. The number of carbonyl (C=O) groups excluding carboxylic acids is 1. The predicted molar refractivity (Wildman–Crippen MR) is 102 cm³/mol. The van der Waals surface area contributed by atoms with Gasteiger partial charge in [-0.1, -0.05) is 12.1 Å². The van der Waals surface area contributed by atoms with Crippen molar-refractivity contribution in [1.29, 1.82) is 0 Å². The molecule has 0 spiro atoms. The second kappa shape index (κ2) is 6.48. The minimum Gasteiger partial charge on any atom is -0.399 e. The normalized spacial score (nSPS) is 18.0. The van der Waals surface area contributed by atoms with Gasteiger partial charge in [0.15, 0.2) is 0 Å². The number of aryl methyl sites for hydroxylation is 2. The first-order chi connectivity index (χ1) is 12.1. The Labute approximate surface area is 154 Å². The largest absolute Gasteiger partial charge is 0.494 e. The molecule has 3 rings (SSSR count). The van der Waals surface area contributed by atoms with Crippen molar-refractivity contribution in [3.63, 3.8) is 0 Å². The maximum Gasteiger partial charge on any atom is 0.494 e. The molecule has 0 saturated carbocycles. The number of nitrogens with zero attached hydrogens (tertiary/aromatic N) is 2. The summed E-state index contributed by atoms with van der Waals surface area (Å²) in [5.41, 5.74) is 2.23. The summed E-state index contributed by atoms with van der Waals surface area (Å²) in [5.74, 6) is 0.0537. The van der Waals surface area contributed by atoms with Gasteiger partial charge in [0.1, 0.15) is 0 Å². The summed E-state index contributed by atoms with van der Waals surface area (Å²) < 4.78 is 12.1. The highest BCUT2D eigenvalue weighted by atomic mass is 16.7. The smallest absolute Gasteiger partial charge is 0.399 e. The van der Waals surface area contributed by atoms with Crippen molar-refractivity contribution in [2.45, 2.75) is 52.7 Å². The van der Waals surface area contributed by atoms with Gasteiger partial charge in [0.05, 0.1) is 11.2 Å². The predicted octanol–water partition coefficient (Wildman–Crippen LogP) is 2.64. The quantitative estimate of drug-likeness (QED) is 0.859. The molecule has 0 aliphatic carbocycles. The van der Waals surface area contributed by atoms with E-state index < -0.39 is 18.3 Å². The van der Waals surface area contributed by atoms with Crippen molar-refractivity contribution in [2.24, 2.45) is 0 Å². The van der Waals surface area contributed by atoms with Gasteiger partial charge >= 0.3 is 7.12 Å². The van der Waals surface area contributed by atoms with Crippen LogP contribution in [0.2, 0.25) is 0 Å². The van der Waals surface area contributed by atoms with Crippen molar-refractivity contribution in [3.8, 4) is 0 Å². The Hall–Kier alpha value is -2.25. The van der Waals surface area contributed by atoms with Gasteiger partial charge in [-0.05, 0) is 65.2 Å². The third kappa shape index (κ3) is 3.64. The van der Waals surface area contributed by atoms with Gasteiger partial charge < -0.3 is 9.31 Å². The van der Waals surface area contributed by atoms with E-state index >= 15 is 0 Å². The number of nitrogens with one attached hydrogen (secondary N) is 1. The Kier molecular flexibility index (Phi) is 4.62. The molecule has 0 bridgehead atoms. The Morgan fingerprint density at radius 2 is 1.46 bits per heavy atom. The summed E-state index contributed by atoms with van der Waals surface area (Å²) in [7, 11) is -0.445. The van der Waals surface area contributed by atoms with E-state index in [0.29, 0.717) is 11.5 Å². The van der Waals surface area contributed by atoms with Crippen LogP contribution in [0.4, 0.5) is 5.95 Å². The van der Waals surface area contributed by atoms with Gasteiger partial charge in [-0.3, -0.25) is 10.1 Å². The van der Waals surface area contributed by atoms with Crippen molar-refractivity contribution < 1.29 is 14.1 Å². The molecule has 2 aromatic rings. The maximum atomic E-state index is 12.4. The van der Waals surface area contributed by atoms with E-state index in [4.69, 9.17) is 9.31 Å². The van der Waals surface area contributed by atoms with Crippen molar-refractivity contribution in [3.05, 3.63) is 47.3 Å². The van der Waals surface area contributed by atoms with Gasteiger partial charge in [-0.25, -0.2) is 9.97 Å². The molecule has 1 aromatic heterocycles. The Bertz CT molecular complexity index is 798. The van der Waals surface area contributed by atoms with Crippen molar-refractivity contribution in [2.75, 3.05) is 5.32 Å². The van der Waals surface area contributed by atoms with E-state index in [0.717, 1.165) is 16.9 Å². The lowest BCUT2D eigenvalue weighted by molar-refractivity contribution is 0.00578. The lowest BCUT2D eigenvalue weighted by Gasteiger charge is -2.32. The van der Waals surface area contributed by atoms with E-state index in [1.807, 2.05) is 59.7 Å². The van der Waals surface area contributed by atoms with Crippen LogP contribution in [0.25, 0.3) is 0 Å². The van der Waals surface area contributed by atoms with Gasteiger partial charge in [-0.15, -0.1) is 0 Å². The number of aromatic nitrogens is 2. The zero-order chi connectivity index (χ0) is 19.1. The number of anilines is 1. The number of benzene rings is 1. The van der Waals surface area contributed by atoms with E-state index in [1.54, 1.807) is 12.1 Å². The molecule has 1 aromatic carbocycles. The third-order valence-corrected chi connectivity index (χ3v) is 4.91. The highest BCUT2D eigenvalue weighted by molar-refractivity contribution is 6.62. The standard InChI is InChI=1S/C19H24BN3O3/c1-12-11-13(2)22-17(21-12)23-16(24)14-7-9-15(10-8-14)20-25-18(3,4)19(5,6)26-20/h7-11H,1-6H3,(H,21,22,23,24). The summed E-state index contributed by atoms with van der Waals surface area (Å²) in [6.07, 6.45) is 0. The minimum atomic E-state index is -0.445. The molecule has 1 aliphatic rings. The average molecular weight is 353 g/mol. The molecule has 1 N–H and O–H groups in total. The fourth-order valence-corrected chi connectivity index (χ4v) is 2.73. The van der Waals surface area contributed by atoms with Crippen LogP contribution in [-0.4, -0.2) is 34.2 Å². The fraction of sp³-hybridized carbons (Fsp3) is 0.421. The summed E-state index contributed by atoms with van der Waals surface area (Å²) in [4.78, 5) is 20.9. The fourth-order valence-electron chi connectivity index (χ4n) is 2.73. The molecule has 136 valence electrons. The third-order valence-electron chi connectivity index (χ3n) is 4.91. The van der Waals surface area contributed by atoms with E-state index in [2.05, 4.69) is 15.3 Å². The van der Waals surface area contributed by atoms with Crippen LogP contribution in [0.3, 0.4) is 0 Å². The Balaban J connectivity index is 1.72. The molecular weight excluding hydrogens is 329 g/mol. The molecule has 1 aliphatic heterocycles. The molecule has 6 nitrogen and oxygen atoms in total. The summed E-state index contributed by atoms with van der Waals surface area (Å²) in [5, 5.41) is 2.73. The van der Waals surface area contributed by atoms with E-state index in [-0.39, 0.29) is 5.91 Å². The monoisotopic (exact) mass is 353 g/mol. The maximum absolute atomic E-state index is 12.4. The molecule has 26 heavy (non-hydrogen) atoms. The Morgan fingerprint density at radius 1 is 0.962 bits per heavy atom. The molecule has 1 saturated heterocycles. The average Bonchev–Trinajstić information content (AvgIpc) is 2.74. The number of hydrogen-bond donors (Lipinski definition) is 1. The summed E-state index contributed by atoms with van der Waals surface area (Å²) in [6, 6.07) is 9.05. The van der Waals surface area contributed by atoms with Gasteiger partial charge in [-0.2, -0.15) is 0 Å². The van der Waals surface area contributed by atoms with Gasteiger partial charge in [0.2, 0.25) is 5.95 Å². The molecule has 0 atom stereocenters. The highest BCUT2D eigenvalue weighted by Crippen LogP contribution is 2.36. The molecule has 0 unspecified atom stereocenters. The van der Waals surface area contributed by atoms with E-state index in [1.165, 1.54) is 0 Å². The van der Waals surface area contributed by atoms with Crippen LogP contribution in [0.15, 0.2) is 30.3 Å². The Morgan fingerprint density at radius 3 is 1.96 bits per heavy atom. The first-order valence-corrected chi connectivity index (χ1v) is 8.67. The van der Waals surface area contributed by atoms with Crippen LogP contribution in [-0.2, 0) is 9.31 Å². The van der Waals surface area contributed by atoms with Crippen molar-refractivity contribution in [1.82, 2.24) is 9.97 Å². The molecule has 2 heterocycles. The topological polar surface area (TPSA) is 73.3 Å². The van der Waals surface area contributed by atoms with Gasteiger partial charge in [0.25, 0.3) is 5.91 Å². The zero-order valence-electron chi connectivity index (χ0n) is 16.1. The molecular formula is C19H24BN3O3. The SMILES string of the molecule is Cc1cc(C)nc(NC(=O)c2ccc(B3OC(C)(C)C(C)(C)O3)cc2)n1. The first-order valence-electron chi connectivity index (χ1n) is 8.67. The number of rotatable bonds is 3. The molecule has 7 heteroatoms. The molecule has 1 fully saturated rings. The molecule has 0 radical (unpaired) electrons.